The molecule has 612 valence electrons. The molecule has 0 saturated carbocycles. The number of hydrogen-bond donors (Lipinski definition) is 3. The summed E-state index contributed by atoms with van der Waals surface area (Å²) < 4.78 is 68.7. The quantitative estimate of drug-likeness (QED) is 0.0222. The van der Waals surface area contributed by atoms with Crippen LogP contribution in [-0.4, -0.2) is 96.7 Å². The van der Waals surface area contributed by atoms with Crippen LogP contribution in [0, 0.1) is 11.8 Å². The molecule has 0 aromatic heterocycles. The highest BCUT2D eigenvalue weighted by Crippen LogP contribution is 2.45. The molecule has 0 amide bonds. The molecule has 0 fully saturated rings. The second-order valence-electron chi connectivity index (χ2n) is 30.9. The van der Waals surface area contributed by atoms with E-state index in [2.05, 4.69) is 41.5 Å². The third kappa shape index (κ3) is 76.6. The lowest BCUT2D eigenvalue weighted by Crippen LogP contribution is -2.30. The predicted octanol–water partition coefficient (Wildman–Crippen LogP) is 25.5. The van der Waals surface area contributed by atoms with Crippen LogP contribution in [0.25, 0.3) is 0 Å². The van der Waals surface area contributed by atoms with Crippen molar-refractivity contribution in [3.63, 3.8) is 0 Å². The Morgan fingerprint density at radius 3 is 0.738 bits per heavy atom. The van der Waals surface area contributed by atoms with E-state index in [4.69, 9.17) is 37.0 Å². The monoisotopic (exact) mass is 1510 g/mol. The van der Waals surface area contributed by atoms with Crippen LogP contribution in [0.5, 0.6) is 0 Å². The molecule has 103 heavy (non-hydrogen) atoms. The number of carbonyl (C=O) groups is 4. The number of carbonyl (C=O) groups excluding carboxylic acids is 4. The van der Waals surface area contributed by atoms with Crippen molar-refractivity contribution in [1.29, 1.82) is 0 Å². The largest absolute Gasteiger partial charge is 0.472 e. The molecule has 0 aliphatic heterocycles. The Labute approximate surface area is 632 Å². The van der Waals surface area contributed by atoms with Gasteiger partial charge in [-0.15, -0.1) is 0 Å². The summed E-state index contributed by atoms with van der Waals surface area (Å²) in [7, 11) is -9.92. The van der Waals surface area contributed by atoms with E-state index < -0.39 is 97.5 Å². The number of phosphoric ester groups is 2. The van der Waals surface area contributed by atoms with Crippen molar-refractivity contribution in [2.24, 2.45) is 11.8 Å². The molecule has 0 aliphatic rings. The molecule has 0 aromatic carbocycles. The molecule has 0 spiro atoms. The Balaban J connectivity index is 5.16. The highest BCUT2D eigenvalue weighted by Gasteiger charge is 2.30. The van der Waals surface area contributed by atoms with Crippen LogP contribution in [0.2, 0.25) is 0 Å². The van der Waals surface area contributed by atoms with Crippen molar-refractivity contribution in [2.45, 2.75) is 464 Å². The van der Waals surface area contributed by atoms with E-state index in [-0.39, 0.29) is 25.7 Å². The molecule has 0 bridgehead atoms. The number of phosphoric acid groups is 2. The van der Waals surface area contributed by atoms with Crippen LogP contribution in [0.15, 0.2) is 0 Å². The van der Waals surface area contributed by atoms with Gasteiger partial charge in [-0.2, -0.15) is 0 Å². The second kappa shape index (κ2) is 75.5. The maximum absolute atomic E-state index is 13.1. The molecule has 0 heterocycles. The fraction of sp³-hybridized carbons (Fsp3) is 0.952. The van der Waals surface area contributed by atoms with Crippen molar-refractivity contribution < 1.29 is 80.2 Å². The highest BCUT2D eigenvalue weighted by atomic mass is 31.2. The Hall–Kier alpha value is -1.94. The molecule has 0 rings (SSSR count). The molecule has 0 radical (unpaired) electrons. The zero-order chi connectivity index (χ0) is 75.6. The first-order valence-electron chi connectivity index (χ1n) is 43.5. The minimum absolute atomic E-state index is 0.107. The van der Waals surface area contributed by atoms with Gasteiger partial charge in [0, 0.05) is 25.7 Å². The van der Waals surface area contributed by atoms with Crippen LogP contribution in [0.1, 0.15) is 446 Å². The number of aliphatic hydroxyl groups is 1. The van der Waals surface area contributed by atoms with Crippen molar-refractivity contribution >= 4 is 39.5 Å². The number of aliphatic hydroxyl groups excluding tert-OH is 1. The molecule has 0 aliphatic carbocycles. The average molecular weight is 1510 g/mol. The van der Waals surface area contributed by atoms with Gasteiger partial charge >= 0.3 is 39.5 Å². The fourth-order valence-corrected chi connectivity index (χ4v) is 14.6. The van der Waals surface area contributed by atoms with Gasteiger partial charge in [0.25, 0.3) is 0 Å². The topological polar surface area (TPSA) is 237 Å². The van der Waals surface area contributed by atoms with Crippen molar-refractivity contribution in [2.75, 3.05) is 39.6 Å². The van der Waals surface area contributed by atoms with Crippen LogP contribution in [0.3, 0.4) is 0 Å². The molecule has 19 heteroatoms. The number of unbranched alkanes of at least 4 members (excludes halogenated alkanes) is 52. The average Bonchev–Trinajstić information content (AvgIpc) is 0.989. The molecule has 0 aromatic rings. The zero-order valence-electron chi connectivity index (χ0n) is 67.6. The van der Waals surface area contributed by atoms with E-state index in [0.717, 1.165) is 115 Å². The van der Waals surface area contributed by atoms with Gasteiger partial charge in [-0.1, -0.05) is 395 Å². The van der Waals surface area contributed by atoms with Gasteiger partial charge in [0.2, 0.25) is 0 Å². The van der Waals surface area contributed by atoms with E-state index in [9.17, 15) is 43.2 Å². The van der Waals surface area contributed by atoms with E-state index in [1.54, 1.807) is 0 Å². The lowest BCUT2D eigenvalue weighted by molar-refractivity contribution is -0.161. The van der Waals surface area contributed by atoms with E-state index in [0.29, 0.717) is 25.7 Å². The smallest absolute Gasteiger partial charge is 0.462 e. The van der Waals surface area contributed by atoms with Gasteiger partial charge in [-0.25, -0.2) is 9.13 Å². The lowest BCUT2D eigenvalue weighted by Gasteiger charge is -2.21. The normalized spacial score (nSPS) is 14.1. The van der Waals surface area contributed by atoms with Gasteiger partial charge in [-0.05, 0) is 37.5 Å². The summed E-state index contributed by atoms with van der Waals surface area (Å²) in [6.45, 7) is 9.68. The van der Waals surface area contributed by atoms with Gasteiger partial charge in [0.1, 0.15) is 19.3 Å². The minimum Gasteiger partial charge on any atom is -0.462 e. The first-order chi connectivity index (χ1) is 49.9. The van der Waals surface area contributed by atoms with Gasteiger partial charge in [0.15, 0.2) is 12.2 Å². The first kappa shape index (κ1) is 101. The third-order valence-electron chi connectivity index (χ3n) is 20.1. The highest BCUT2D eigenvalue weighted by molar-refractivity contribution is 7.47. The standard InChI is InChI=1S/C84H164O17P2/c1-7-10-12-14-16-17-18-19-20-21-22-23-24-25-26-27-34-39-44-50-56-62-68-84(89)101-80(73-95-82(87)67-61-55-49-43-38-33-29-28-32-37-42-48-53-59-65-77(6)9-3)75-99-103(92,93)97-71-78(85)70-96-102(90,91)98-74-79(72-94-81(86)66-60-54-46-15-13-11-8-2)100-83(88)69-63-57-51-45-40-35-30-31-36-41-47-52-58-64-76(4)5/h76-80,85H,7-75H2,1-6H3,(H,90,91)(H,92,93)/t77?,78-,79+,80+/m0/s1. The van der Waals surface area contributed by atoms with Gasteiger partial charge < -0.3 is 33.8 Å². The predicted molar refractivity (Wildman–Crippen MR) is 423 cm³/mol. The second-order valence-corrected chi connectivity index (χ2v) is 33.8. The maximum atomic E-state index is 13.1. The van der Waals surface area contributed by atoms with Gasteiger partial charge in [0.05, 0.1) is 26.4 Å². The van der Waals surface area contributed by atoms with E-state index >= 15 is 0 Å². The third-order valence-corrected chi connectivity index (χ3v) is 22.0. The van der Waals surface area contributed by atoms with Crippen LogP contribution >= 0.6 is 15.6 Å². The molecular formula is C84H164O17P2. The number of rotatable bonds is 83. The summed E-state index contributed by atoms with van der Waals surface area (Å²) in [5.41, 5.74) is 0. The fourth-order valence-electron chi connectivity index (χ4n) is 13.0. The molecule has 3 unspecified atom stereocenters. The van der Waals surface area contributed by atoms with Crippen LogP contribution in [-0.2, 0) is 65.4 Å². The Kier molecular flexibility index (Phi) is 74.1. The molecule has 17 nitrogen and oxygen atoms in total. The summed E-state index contributed by atoms with van der Waals surface area (Å²) in [5.74, 6) is -0.474. The SMILES string of the molecule is CCCCCCCCCCCCCCCCCCCCCCCCC(=O)O[C@H](COC(=O)CCCCCCCCCCCCCCCCC(C)CC)COP(=O)(O)OC[C@@H](O)COP(=O)(O)OC[C@@H](COC(=O)CCCCCCCCC)OC(=O)CCCCCCCCCCCCCCCC(C)C. The summed E-state index contributed by atoms with van der Waals surface area (Å²) in [6, 6.07) is 0. The maximum Gasteiger partial charge on any atom is 0.472 e. The zero-order valence-corrected chi connectivity index (χ0v) is 69.4. The summed E-state index contributed by atoms with van der Waals surface area (Å²) in [6.07, 6.45) is 66.8. The van der Waals surface area contributed by atoms with Gasteiger partial charge in [-0.3, -0.25) is 37.3 Å². The van der Waals surface area contributed by atoms with E-state index in [1.165, 1.54) is 250 Å². The number of esters is 4. The Morgan fingerprint density at radius 1 is 0.282 bits per heavy atom. The van der Waals surface area contributed by atoms with Crippen molar-refractivity contribution in [1.82, 2.24) is 0 Å². The lowest BCUT2D eigenvalue weighted by atomic mass is 9.99. The Morgan fingerprint density at radius 2 is 0.495 bits per heavy atom. The van der Waals surface area contributed by atoms with Crippen LogP contribution in [0.4, 0.5) is 0 Å². The minimum atomic E-state index is -4.96. The number of ether oxygens (including phenoxy) is 4. The number of hydrogen-bond acceptors (Lipinski definition) is 15. The Bertz CT molecular complexity index is 1980. The molecular weight excluding hydrogens is 1340 g/mol. The van der Waals surface area contributed by atoms with Crippen molar-refractivity contribution in [3.05, 3.63) is 0 Å². The summed E-state index contributed by atoms with van der Waals surface area (Å²) in [5, 5.41) is 10.6. The molecule has 6 atom stereocenters. The van der Waals surface area contributed by atoms with Crippen molar-refractivity contribution in [3.8, 4) is 0 Å². The molecule has 0 saturated heterocycles. The summed E-state index contributed by atoms with van der Waals surface area (Å²) >= 11 is 0. The van der Waals surface area contributed by atoms with Crippen LogP contribution < -0.4 is 0 Å². The first-order valence-corrected chi connectivity index (χ1v) is 46.5. The molecule has 3 N–H and O–H groups in total. The van der Waals surface area contributed by atoms with E-state index in [1.807, 2.05) is 0 Å². The summed E-state index contributed by atoms with van der Waals surface area (Å²) in [4.78, 5) is 73.0.